The molecule has 4 N–H and O–H groups in total. The molecule has 1 amide bonds. The van der Waals surface area contributed by atoms with Crippen molar-refractivity contribution in [2.75, 3.05) is 11.9 Å². The molecule has 3 aromatic carbocycles. The van der Waals surface area contributed by atoms with Gasteiger partial charge < -0.3 is 15.2 Å². The summed E-state index contributed by atoms with van der Waals surface area (Å²) in [6, 6.07) is 23.9. The lowest BCUT2D eigenvalue weighted by molar-refractivity contribution is 0.0910. The second-order valence-corrected chi connectivity index (χ2v) is 8.46. The van der Waals surface area contributed by atoms with E-state index in [1.807, 2.05) is 54.6 Å². The minimum atomic E-state index is -0.607. The Hall–Kier alpha value is -3.55. The summed E-state index contributed by atoms with van der Waals surface area (Å²) in [5.74, 6) is 0.636. The van der Waals surface area contributed by atoms with Crippen LogP contribution in [0.2, 0.25) is 5.02 Å². The largest absolute Gasteiger partial charge is 0.481 e. The molecular formula is C24H20ClN3O3S. The highest BCUT2D eigenvalue weighted by Gasteiger charge is 2.19. The molecule has 1 heterocycles. The van der Waals surface area contributed by atoms with E-state index in [1.54, 1.807) is 24.3 Å². The number of fused-ring (bicyclic) bond motifs is 1. The van der Waals surface area contributed by atoms with Gasteiger partial charge in [-0.05, 0) is 42.0 Å². The number of nitrogen functional groups attached to an aromatic ring is 1. The van der Waals surface area contributed by atoms with Gasteiger partial charge >= 0.3 is 6.09 Å². The molecule has 0 saturated heterocycles. The summed E-state index contributed by atoms with van der Waals surface area (Å²) in [5.41, 5.74) is 7.06. The lowest BCUT2D eigenvalue weighted by Gasteiger charge is -2.20. The predicted octanol–water partition coefficient (Wildman–Crippen LogP) is 6.21. The molecule has 0 fully saturated rings. The minimum Gasteiger partial charge on any atom is -0.481 e. The highest BCUT2D eigenvalue weighted by atomic mass is 35.5. The first-order chi connectivity index (χ1) is 15.5. The van der Waals surface area contributed by atoms with E-state index in [0.29, 0.717) is 21.3 Å². The van der Waals surface area contributed by atoms with Crippen molar-refractivity contribution in [3.05, 3.63) is 94.3 Å². The third kappa shape index (κ3) is 5.19. The monoisotopic (exact) mass is 465 g/mol. The van der Waals surface area contributed by atoms with Crippen LogP contribution in [0.1, 0.15) is 16.5 Å². The molecule has 0 bridgehead atoms. The number of carbonyl (C=O) groups is 1. The lowest BCUT2D eigenvalue weighted by Crippen LogP contribution is -2.21. The summed E-state index contributed by atoms with van der Waals surface area (Å²) in [7, 11) is 0. The molecule has 8 heteroatoms. The van der Waals surface area contributed by atoms with Gasteiger partial charge in [-0.1, -0.05) is 54.1 Å². The van der Waals surface area contributed by atoms with Crippen LogP contribution in [0.4, 0.5) is 10.5 Å². The zero-order valence-corrected chi connectivity index (χ0v) is 18.5. The van der Waals surface area contributed by atoms with E-state index in [4.69, 9.17) is 32.2 Å². The number of anilines is 1. The topological polar surface area (TPSA) is 97.4 Å². The van der Waals surface area contributed by atoms with Gasteiger partial charge in [0, 0.05) is 20.8 Å². The van der Waals surface area contributed by atoms with Gasteiger partial charge in [-0.3, -0.25) is 10.7 Å². The maximum absolute atomic E-state index is 12.3. The molecule has 0 saturated carbocycles. The van der Waals surface area contributed by atoms with E-state index >= 15 is 0 Å². The summed E-state index contributed by atoms with van der Waals surface area (Å²) < 4.78 is 12.7. The Kier molecular flexibility index (Phi) is 6.58. The Morgan fingerprint density at radius 3 is 2.59 bits per heavy atom. The maximum Gasteiger partial charge on any atom is 0.411 e. The number of ether oxygens (including phenoxy) is 2. The third-order valence-corrected chi connectivity index (χ3v) is 6.03. The standard InChI is InChI=1S/C24H20ClN3O3S/c25-16-8-4-9-17(12-16)28-24(29)30-14-20(15-6-2-1-3-7-15)31-19-10-5-11-21-18(19)13-22(32-21)23(26)27/h1-13,20H,14H2,(H3,26,27)(H,28,29). The van der Waals surface area contributed by atoms with E-state index in [0.717, 1.165) is 15.6 Å². The van der Waals surface area contributed by atoms with Gasteiger partial charge in [-0.15, -0.1) is 11.3 Å². The molecule has 162 valence electrons. The minimum absolute atomic E-state index is 0.00347. The van der Waals surface area contributed by atoms with Crippen molar-refractivity contribution in [1.82, 2.24) is 0 Å². The smallest absolute Gasteiger partial charge is 0.411 e. The Bertz CT molecular complexity index is 1260. The number of nitrogens with two attached hydrogens (primary N) is 1. The molecule has 0 aliphatic carbocycles. The summed E-state index contributed by atoms with van der Waals surface area (Å²) in [5, 5.41) is 11.7. The van der Waals surface area contributed by atoms with Gasteiger partial charge in [0.15, 0.2) is 6.10 Å². The molecule has 1 aromatic heterocycles. The van der Waals surface area contributed by atoms with Crippen molar-refractivity contribution in [3.63, 3.8) is 0 Å². The fraction of sp³-hybridized carbons (Fsp3) is 0.0833. The molecule has 1 atom stereocenters. The average molecular weight is 466 g/mol. The van der Waals surface area contributed by atoms with Crippen LogP contribution in [-0.2, 0) is 4.74 Å². The fourth-order valence-electron chi connectivity index (χ4n) is 3.16. The molecule has 0 radical (unpaired) electrons. The van der Waals surface area contributed by atoms with Crippen molar-refractivity contribution in [1.29, 1.82) is 5.41 Å². The maximum atomic E-state index is 12.3. The number of amidine groups is 1. The summed E-state index contributed by atoms with van der Waals surface area (Å²) in [4.78, 5) is 13.0. The van der Waals surface area contributed by atoms with E-state index in [-0.39, 0.29) is 12.4 Å². The molecule has 6 nitrogen and oxygen atoms in total. The normalized spacial score (nSPS) is 11.7. The van der Waals surface area contributed by atoms with Gasteiger partial charge in [0.2, 0.25) is 0 Å². The van der Waals surface area contributed by atoms with Crippen molar-refractivity contribution in [2.24, 2.45) is 5.73 Å². The molecule has 0 aliphatic heterocycles. The zero-order valence-electron chi connectivity index (χ0n) is 16.9. The third-order valence-electron chi connectivity index (χ3n) is 4.66. The van der Waals surface area contributed by atoms with Gasteiger partial charge in [-0.25, -0.2) is 4.79 Å². The Morgan fingerprint density at radius 1 is 1.06 bits per heavy atom. The first-order valence-corrected chi connectivity index (χ1v) is 11.0. The van der Waals surface area contributed by atoms with Gasteiger partial charge in [-0.2, -0.15) is 0 Å². The lowest BCUT2D eigenvalue weighted by atomic mass is 10.1. The molecule has 0 spiro atoms. The Labute approximate surface area is 194 Å². The van der Waals surface area contributed by atoms with Gasteiger partial charge in [0.1, 0.15) is 18.2 Å². The quantitative estimate of drug-likeness (QED) is 0.223. The molecule has 4 aromatic rings. The SMILES string of the molecule is N=C(N)c1cc2c(OC(COC(=O)Nc3cccc(Cl)c3)c3ccccc3)cccc2s1. The molecule has 0 aliphatic rings. The second-order valence-electron chi connectivity index (χ2n) is 6.94. The molecule has 4 rings (SSSR count). The van der Waals surface area contributed by atoms with E-state index in [2.05, 4.69) is 5.32 Å². The van der Waals surface area contributed by atoms with Crippen LogP contribution in [-0.4, -0.2) is 18.5 Å². The number of thiophene rings is 1. The van der Waals surface area contributed by atoms with Crippen LogP contribution >= 0.6 is 22.9 Å². The Balaban J connectivity index is 1.54. The highest BCUT2D eigenvalue weighted by Crippen LogP contribution is 2.35. The number of nitrogens with one attached hydrogen (secondary N) is 2. The summed E-state index contributed by atoms with van der Waals surface area (Å²) in [6.07, 6.45) is -1.14. The van der Waals surface area contributed by atoms with Crippen LogP contribution in [0.15, 0.2) is 78.9 Å². The summed E-state index contributed by atoms with van der Waals surface area (Å²) in [6.45, 7) is -0.00347. The second kappa shape index (κ2) is 9.72. The van der Waals surface area contributed by atoms with Crippen molar-refractivity contribution >= 4 is 50.6 Å². The van der Waals surface area contributed by atoms with Crippen molar-refractivity contribution in [2.45, 2.75) is 6.10 Å². The van der Waals surface area contributed by atoms with E-state index in [9.17, 15) is 4.79 Å². The summed E-state index contributed by atoms with van der Waals surface area (Å²) >= 11 is 7.39. The zero-order chi connectivity index (χ0) is 22.5. The highest BCUT2D eigenvalue weighted by molar-refractivity contribution is 7.20. The van der Waals surface area contributed by atoms with Gasteiger partial charge in [0.25, 0.3) is 0 Å². The predicted molar refractivity (Wildman–Crippen MR) is 129 cm³/mol. The molecule has 32 heavy (non-hydrogen) atoms. The van der Waals surface area contributed by atoms with Crippen LogP contribution in [0.25, 0.3) is 10.1 Å². The number of hydrogen-bond donors (Lipinski definition) is 3. The molecular weight excluding hydrogens is 446 g/mol. The van der Waals surface area contributed by atoms with E-state index < -0.39 is 12.2 Å². The van der Waals surface area contributed by atoms with E-state index in [1.165, 1.54) is 11.3 Å². The van der Waals surface area contributed by atoms with Crippen molar-refractivity contribution in [3.8, 4) is 5.75 Å². The van der Waals surface area contributed by atoms with Crippen LogP contribution in [0.3, 0.4) is 0 Å². The fourth-order valence-corrected chi connectivity index (χ4v) is 4.29. The average Bonchev–Trinajstić information content (AvgIpc) is 3.23. The molecule has 1 unspecified atom stereocenters. The number of carbonyl (C=O) groups excluding carboxylic acids is 1. The van der Waals surface area contributed by atoms with Crippen molar-refractivity contribution < 1.29 is 14.3 Å². The first-order valence-electron chi connectivity index (χ1n) is 9.77. The van der Waals surface area contributed by atoms with Crippen LogP contribution < -0.4 is 15.8 Å². The Morgan fingerprint density at radius 2 is 1.84 bits per heavy atom. The number of rotatable bonds is 7. The van der Waals surface area contributed by atoms with Crippen LogP contribution in [0.5, 0.6) is 5.75 Å². The van der Waals surface area contributed by atoms with Gasteiger partial charge in [0.05, 0.1) is 4.88 Å². The number of halogens is 1. The number of amides is 1. The number of benzene rings is 3. The first kappa shape index (κ1) is 21.7. The number of hydrogen-bond acceptors (Lipinski definition) is 5. The van der Waals surface area contributed by atoms with Crippen LogP contribution in [0, 0.1) is 5.41 Å².